The van der Waals surface area contributed by atoms with Gasteiger partial charge < -0.3 is 26.8 Å². The van der Waals surface area contributed by atoms with E-state index < -0.39 is 0 Å². The molecule has 2 aliphatic carbocycles. The van der Waals surface area contributed by atoms with Gasteiger partial charge in [-0.15, -0.1) is 0 Å². The lowest BCUT2D eigenvalue weighted by molar-refractivity contribution is 0.157. The van der Waals surface area contributed by atoms with Crippen molar-refractivity contribution in [2.24, 2.45) is 11.5 Å². The van der Waals surface area contributed by atoms with Gasteiger partial charge in [-0.1, -0.05) is 48.6 Å². The highest BCUT2D eigenvalue weighted by molar-refractivity contribution is 5.43. The smallest absolute Gasteiger partial charge is 0.150 e. The topological polar surface area (TPSA) is 146 Å². The van der Waals surface area contributed by atoms with E-state index in [1.54, 1.807) is 6.92 Å². The molecule has 316 valence electrons. The zero-order chi connectivity index (χ0) is 41.0. The van der Waals surface area contributed by atoms with E-state index in [0.717, 1.165) is 89.9 Å². The fourth-order valence-electron chi connectivity index (χ4n) is 10.1. The van der Waals surface area contributed by atoms with Crippen LogP contribution in [0.5, 0.6) is 0 Å². The first-order chi connectivity index (χ1) is 29.4. The molecule has 1 aromatic carbocycles. The van der Waals surface area contributed by atoms with E-state index >= 15 is 4.39 Å². The SMILES string of the molecule is C/C(CN)=C(/F)CN(C[C@H]1Cc2ccc(C3CC[C@H](N(C/C=C\CNC4OC4N)C[C@@H]4Cc5ncccc5CN4)c4ncccc43)cc2CN1)[C@H]1CCCc2cccnc21. The number of rotatable bonds is 15. The van der Waals surface area contributed by atoms with Crippen molar-refractivity contribution < 1.29 is 9.13 Å². The van der Waals surface area contributed by atoms with Gasteiger partial charge in [-0.3, -0.25) is 30.1 Å². The van der Waals surface area contributed by atoms with E-state index in [9.17, 15) is 0 Å². The summed E-state index contributed by atoms with van der Waals surface area (Å²) in [5, 5.41) is 11.0. The molecule has 9 rings (SSSR count). The van der Waals surface area contributed by atoms with Crippen LogP contribution in [0.1, 0.15) is 101 Å². The molecule has 0 bridgehead atoms. The molecule has 0 radical (unpaired) electrons. The van der Waals surface area contributed by atoms with Crippen LogP contribution in [-0.4, -0.2) is 88.6 Å². The van der Waals surface area contributed by atoms with Gasteiger partial charge in [0.05, 0.1) is 30.0 Å². The van der Waals surface area contributed by atoms with Gasteiger partial charge in [0.25, 0.3) is 0 Å². The number of aromatic nitrogens is 3. The van der Waals surface area contributed by atoms with Gasteiger partial charge in [-0.2, -0.15) is 0 Å². The van der Waals surface area contributed by atoms with E-state index in [1.165, 1.54) is 44.8 Å². The van der Waals surface area contributed by atoms with Crippen molar-refractivity contribution in [3.8, 4) is 0 Å². The van der Waals surface area contributed by atoms with Crippen molar-refractivity contribution in [3.05, 3.63) is 147 Å². The molecule has 6 heterocycles. The minimum absolute atomic E-state index is 0.0467. The third kappa shape index (κ3) is 9.31. The van der Waals surface area contributed by atoms with Crippen LogP contribution in [0.4, 0.5) is 4.39 Å². The second-order valence-electron chi connectivity index (χ2n) is 17.5. The summed E-state index contributed by atoms with van der Waals surface area (Å²) in [5.41, 5.74) is 23.8. The van der Waals surface area contributed by atoms with Crippen molar-refractivity contribution in [3.63, 3.8) is 0 Å². The zero-order valence-electron chi connectivity index (χ0n) is 34.9. The Balaban J connectivity index is 0.910. The minimum Gasteiger partial charge on any atom is -0.337 e. The van der Waals surface area contributed by atoms with E-state index in [0.29, 0.717) is 11.6 Å². The first kappa shape index (κ1) is 41.1. The number of hydrogen-bond donors (Lipinski definition) is 5. The van der Waals surface area contributed by atoms with Crippen molar-refractivity contribution in [2.45, 2.75) is 108 Å². The average molecular weight is 813 g/mol. The predicted octanol–water partition coefficient (Wildman–Crippen LogP) is 5.24. The fourth-order valence-corrected chi connectivity index (χ4v) is 10.1. The summed E-state index contributed by atoms with van der Waals surface area (Å²) in [6.07, 6.45) is 16.9. The summed E-state index contributed by atoms with van der Waals surface area (Å²) >= 11 is 0. The van der Waals surface area contributed by atoms with Gasteiger partial charge in [0.2, 0.25) is 0 Å². The van der Waals surface area contributed by atoms with Crippen LogP contribution in [0, 0.1) is 0 Å². The molecule has 7 N–H and O–H groups in total. The van der Waals surface area contributed by atoms with Gasteiger partial charge >= 0.3 is 0 Å². The fraction of sp³-hybridized carbons (Fsp3) is 0.479. The van der Waals surface area contributed by atoms with Gasteiger partial charge in [0, 0.05) is 94.5 Å². The van der Waals surface area contributed by atoms with Gasteiger partial charge in [-0.05, 0) is 103 Å². The molecule has 60 heavy (non-hydrogen) atoms. The number of hydrogen-bond acceptors (Lipinski definition) is 11. The van der Waals surface area contributed by atoms with E-state index in [-0.39, 0.29) is 55.4 Å². The van der Waals surface area contributed by atoms with E-state index in [2.05, 4.69) is 80.4 Å². The molecular weight excluding hydrogens is 752 g/mol. The summed E-state index contributed by atoms with van der Waals surface area (Å²) in [6, 6.07) is 20.7. The second-order valence-corrected chi connectivity index (χ2v) is 17.5. The number of aryl methyl sites for hydroxylation is 1. The molecule has 1 saturated heterocycles. The first-order valence-electron chi connectivity index (χ1n) is 22.1. The summed E-state index contributed by atoms with van der Waals surface area (Å²) < 4.78 is 20.9. The van der Waals surface area contributed by atoms with Crippen LogP contribution in [0.3, 0.4) is 0 Å². The average Bonchev–Trinajstić information content (AvgIpc) is 4.01. The zero-order valence-corrected chi connectivity index (χ0v) is 34.9. The Morgan fingerprint density at radius 3 is 2.42 bits per heavy atom. The second kappa shape index (κ2) is 18.8. The number of benzene rings is 1. The molecule has 5 aliphatic rings. The Bertz CT molecular complexity index is 2180. The lowest BCUT2D eigenvalue weighted by atomic mass is 9.77. The lowest BCUT2D eigenvalue weighted by Crippen LogP contribution is -2.47. The number of nitrogens with zero attached hydrogens (tertiary/aromatic N) is 5. The highest BCUT2D eigenvalue weighted by Crippen LogP contribution is 2.43. The minimum atomic E-state index is -0.199. The number of nitrogens with two attached hydrogens (primary N) is 2. The number of halogens is 1. The van der Waals surface area contributed by atoms with Crippen LogP contribution in [-0.2, 0) is 37.1 Å². The largest absolute Gasteiger partial charge is 0.337 e. The molecule has 4 aromatic rings. The van der Waals surface area contributed by atoms with Gasteiger partial charge in [-0.25, -0.2) is 4.39 Å². The molecule has 0 spiro atoms. The van der Waals surface area contributed by atoms with Gasteiger partial charge in [0.1, 0.15) is 12.1 Å². The summed E-state index contributed by atoms with van der Waals surface area (Å²) in [5.74, 6) is 0.151. The summed E-state index contributed by atoms with van der Waals surface area (Å²) in [6.45, 7) is 7.09. The first-order valence-corrected chi connectivity index (χ1v) is 22.1. The predicted molar refractivity (Wildman–Crippen MR) is 233 cm³/mol. The Morgan fingerprint density at radius 1 is 0.850 bits per heavy atom. The van der Waals surface area contributed by atoms with Crippen LogP contribution in [0.25, 0.3) is 0 Å². The van der Waals surface area contributed by atoms with Gasteiger partial charge in [0.15, 0.2) is 6.23 Å². The maximum Gasteiger partial charge on any atom is 0.150 e. The number of epoxide rings is 1. The molecule has 11 nitrogen and oxygen atoms in total. The van der Waals surface area contributed by atoms with E-state index in [1.807, 2.05) is 30.7 Å². The number of pyridine rings is 3. The van der Waals surface area contributed by atoms with Crippen LogP contribution < -0.4 is 27.4 Å². The Labute approximate surface area is 354 Å². The quantitative estimate of drug-likeness (QED) is 0.0795. The highest BCUT2D eigenvalue weighted by Gasteiger charge is 2.36. The maximum atomic E-state index is 15.5. The van der Waals surface area contributed by atoms with Crippen LogP contribution in [0.15, 0.2) is 96.7 Å². The lowest BCUT2D eigenvalue weighted by Gasteiger charge is -2.40. The number of ether oxygens (including phenoxy) is 1. The van der Waals surface area contributed by atoms with Crippen molar-refractivity contribution in [2.75, 3.05) is 39.3 Å². The number of nitrogens with one attached hydrogen (secondary N) is 3. The van der Waals surface area contributed by atoms with E-state index in [4.69, 9.17) is 31.2 Å². The van der Waals surface area contributed by atoms with Crippen LogP contribution in [0.2, 0.25) is 0 Å². The summed E-state index contributed by atoms with van der Waals surface area (Å²) in [7, 11) is 0. The van der Waals surface area contributed by atoms with Crippen molar-refractivity contribution in [1.29, 1.82) is 0 Å². The Hall–Kier alpha value is -4.24. The molecular formula is C48H61FN10O. The van der Waals surface area contributed by atoms with Crippen LogP contribution >= 0.6 is 0 Å². The third-order valence-electron chi connectivity index (χ3n) is 13.5. The Morgan fingerprint density at radius 2 is 1.58 bits per heavy atom. The third-order valence-corrected chi connectivity index (χ3v) is 13.5. The monoisotopic (exact) mass is 813 g/mol. The molecule has 12 heteroatoms. The molecule has 0 amide bonds. The maximum absolute atomic E-state index is 15.5. The molecule has 0 saturated carbocycles. The molecule has 3 aromatic heterocycles. The standard InChI is InChI=1S/C48H61FN10O/c1-31(25-50)41(49)30-59(43-12-4-8-32-9-5-19-53-45(32)43)29-37-23-33-13-14-34(22-36(33)27-57-37)39-15-16-44(46-40(39)11-7-20-54-46)58(21-3-2-17-55-48-47(51)60-48)28-38-24-42-35(26-56-38)10-6-18-52-42/h2-3,5-7,9-11,13-14,18-20,22,37-39,43-44,47-48,55-57H,4,8,12,15-17,21,23-30,50-51H2,1H3/b3-2-,41-31-/t37-,38+,39?,43+,44+,47?,48?/m1/s1. The Kier molecular flexibility index (Phi) is 12.9. The summed E-state index contributed by atoms with van der Waals surface area (Å²) in [4.78, 5) is 19.6. The van der Waals surface area contributed by atoms with Crippen molar-refractivity contribution in [1.82, 2.24) is 40.7 Å². The molecule has 3 unspecified atom stereocenters. The molecule has 3 aliphatic heterocycles. The highest BCUT2D eigenvalue weighted by atomic mass is 19.1. The molecule has 1 fully saturated rings. The normalized spacial score (nSPS) is 26.3. The van der Waals surface area contributed by atoms with Crippen molar-refractivity contribution >= 4 is 0 Å². The number of fused-ring (bicyclic) bond motifs is 4. The molecule has 7 atom stereocenters.